The van der Waals surface area contributed by atoms with Gasteiger partial charge in [0.05, 0.1) is 6.10 Å². The van der Waals surface area contributed by atoms with Gasteiger partial charge in [-0.3, -0.25) is 0 Å². The predicted molar refractivity (Wildman–Crippen MR) is 60.2 cm³/mol. The number of rotatable bonds is 1. The minimum atomic E-state index is -0.464. The van der Waals surface area contributed by atoms with Crippen LogP contribution in [-0.4, -0.2) is 41.4 Å². The molecule has 1 N–H and O–H groups in total. The van der Waals surface area contributed by atoms with E-state index in [1.165, 1.54) is 0 Å². The van der Waals surface area contributed by atoms with Gasteiger partial charge in [-0.1, -0.05) is 12.8 Å². The van der Waals surface area contributed by atoms with Gasteiger partial charge in [0.15, 0.2) is 0 Å². The summed E-state index contributed by atoms with van der Waals surface area (Å²) in [5.74, 6) is 0. The summed E-state index contributed by atoms with van der Waals surface area (Å²) in [6.45, 7) is 1.61. The van der Waals surface area contributed by atoms with E-state index in [1.54, 1.807) is 4.90 Å². The highest BCUT2D eigenvalue weighted by Gasteiger charge is 2.28. The van der Waals surface area contributed by atoms with Gasteiger partial charge in [-0.05, 0) is 32.1 Å². The number of aliphatic hydroxyl groups excluding tert-OH is 1. The molecule has 0 aromatic rings. The van der Waals surface area contributed by atoms with E-state index in [9.17, 15) is 9.90 Å². The molecule has 92 valence electrons. The molecule has 2 atom stereocenters. The van der Waals surface area contributed by atoms with Crippen LogP contribution in [0.25, 0.3) is 0 Å². The van der Waals surface area contributed by atoms with Gasteiger partial charge in [-0.25, -0.2) is 4.79 Å². The number of hydrogen-bond donors (Lipinski definition) is 1. The normalized spacial score (nSPS) is 31.2. The van der Waals surface area contributed by atoms with E-state index in [0.717, 1.165) is 58.0 Å². The van der Waals surface area contributed by atoms with E-state index in [-0.39, 0.29) is 12.2 Å². The Labute approximate surface area is 96.6 Å². The van der Waals surface area contributed by atoms with Crippen LogP contribution in [0, 0.1) is 0 Å². The van der Waals surface area contributed by atoms with Gasteiger partial charge in [0.1, 0.15) is 6.10 Å². The molecule has 4 heteroatoms. The highest BCUT2D eigenvalue weighted by molar-refractivity contribution is 5.68. The van der Waals surface area contributed by atoms with Gasteiger partial charge < -0.3 is 14.7 Å². The molecule has 1 aliphatic heterocycles. The molecule has 0 spiro atoms. The molecular formula is C12H21NO3. The van der Waals surface area contributed by atoms with E-state index in [4.69, 9.17) is 4.74 Å². The quantitative estimate of drug-likeness (QED) is 0.696. The Bertz CT molecular complexity index is 238. The van der Waals surface area contributed by atoms with Crippen molar-refractivity contribution >= 4 is 6.09 Å². The molecular weight excluding hydrogens is 206 g/mol. The second-order valence-corrected chi connectivity index (χ2v) is 4.82. The minimum Gasteiger partial charge on any atom is -0.443 e. The topological polar surface area (TPSA) is 49.8 Å². The third-order valence-electron chi connectivity index (χ3n) is 3.53. The summed E-state index contributed by atoms with van der Waals surface area (Å²) in [7, 11) is 0. The van der Waals surface area contributed by atoms with Gasteiger partial charge in [0, 0.05) is 13.1 Å². The molecule has 16 heavy (non-hydrogen) atoms. The number of nitrogens with zero attached hydrogens (tertiary/aromatic N) is 1. The lowest BCUT2D eigenvalue weighted by Gasteiger charge is -2.24. The zero-order valence-electron chi connectivity index (χ0n) is 9.73. The van der Waals surface area contributed by atoms with Crippen LogP contribution in [0.1, 0.15) is 44.9 Å². The van der Waals surface area contributed by atoms with Crippen molar-refractivity contribution in [3.8, 4) is 0 Å². The van der Waals surface area contributed by atoms with Gasteiger partial charge in [0.2, 0.25) is 0 Å². The largest absolute Gasteiger partial charge is 0.443 e. The Hall–Kier alpha value is -0.770. The van der Waals surface area contributed by atoms with Crippen LogP contribution in [-0.2, 0) is 4.74 Å². The van der Waals surface area contributed by atoms with E-state index in [2.05, 4.69) is 0 Å². The number of carbonyl (C=O) groups is 1. The Morgan fingerprint density at radius 2 is 1.75 bits per heavy atom. The first-order valence-electron chi connectivity index (χ1n) is 6.41. The maximum absolute atomic E-state index is 11.8. The van der Waals surface area contributed by atoms with Crippen LogP contribution >= 0.6 is 0 Å². The number of hydrogen-bond acceptors (Lipinski definition) is 3. The van der Waals surface area contributed by atoms with Crippen molar-refractivity contribution < 1.29 is 14.6 Å². The summed E-state index contributed by atoms with van der Waals surface area (Å²) in [4.78, 5) is 13.5. The lowest BCUT2D eigenvalue weighted by atomic mass is 10.1. The Balaban J connectivity index is 1.84. The van der Waals surface area contributed by atoms with Crippen LogP contribution in [0.2, 0.25) is 0 Å². The molecule has 0 bridgehead atoms. The zero-order chi connectivity index (χ0) is 11.4. The van der Waals surface area contributed by atoms with Crippen molar-refractivity contribution in [3.05, 3.63) is 0 Å². The molecule has 1 amide bonds. The Morgan fingerprint density at radius 3 is 2.50 bits per heavy atom. The summed E-state index contributed by atoms with van der Waals surface area (Å²) in [6, 6.07) is 0. The van der Waals surface area contributed by atoms with Crippen LogP contribution in [0.4, 0.5) is 4.79 Å². The number of likely N-dealkylation sites (tertiary alicyclic amines) is 1. The maximum Gasteiger partial charge on any atom is 0.410 e. The van der Waals surface area contributed by atoms with Crippen LogP contribution in [0.5, 0.6) is 0 Å². The molecule has 2 rings (SSSR count). The standard InChI is InChI=1S/C12H21NO3/c14-10-6-2-1-3-7-11(10)16-12(15)13-8-4-5-9-13/h10-11,14H,1-9H2/t10-,11+/m1/s1. The lowest BCUT2D eigenvalue weighted by molar-refractivity contribution is -0.0124. The number of carbonyl (C=O) groups excluding carboxylic acids is 1. The first-order chi connectivity index (χ1) is 7.77. The van der Waals surface area contributed by atoms with Gasteiger partial charge in [0.25, 0.3) is 0 Å². The number of amides is 1. The van der Waals surface area contributed by atoms with Crippen molar-refractivity contribution in [1.29, 1.82) is 0 Å². The van der Waals surface area contributed by atoms with Crippen LogP contribution < -0.4 is 0 Å². The summed E-state index contributed by atoms with van der Waals surface area (Å²) < 4.78 is 5.40. The third kappa shape index (κ3) is 2.88. The second-order valence-electron chi connectivity index (χ2n) is 4.82. The molecule has 1 aliphatic carbocycles. The van der Waals surface area contributed by atoms with Crippen LogP contribution in [0.15, 0.2) is 0 Å². The molecule has 0 unspecified atom stereocenters. The van der Waals surface area contributed by atoms with Gasteiger partial charge in [-0.2, -0.15) is 0 Å². The number of aliphatic hydroxyl groups is 1. The highest BCUT2D eigenvalue weighted by atomic mass is 16.6. The van der Waals surface area contributed by atoms with Crippen molar-refractivity contribution in [3.63, 3.8) is 0 Å². The van der Waals surface area contributed by atoms with Crippen molar-refractivity contribution in [2.24, 2.45) is 0 Å². The fraction of sp³-hybridized carbons (Fsp3) is 0.917. The molecule has 1 saturated carbocycles. The monoisotopic (exact) mass is 227 g/mol. The van der Waals surface area contributed by atoms with Crippen molar-refractivity contribution in [2.75, 3.05) is 13.1 Å². The summed E-state index contributed by atoms with van der Waals surface area (Å²) in [5.41, 5.74) is 0. The molecule has 0 aromatic carbocycles. The Morgan fingerprint density at radius 1 is 1.06 bits per heavy atom. The fourth-order valence-corrected chi connectivity index (χ4v) is 2.50. The molecule has 1 saturated heterocycles. The smallest absolute Gasteiger partial charge is 0.410 e. The average Bonchev–Trinajstić information content (AvgIpc) is 2.73. The molecule has 4 nitrogen and oxygen atoms in total. The number of ether oxygens (including phenoxy) is 1. The predicted octanol–water partition coefficient (Wildman–Crippen LogP) is 1.91. The molecule has 2 fully saturated rings. The Kier molecular flexibility index (Phi) is 4.04. The molecule has 0 radical (unpaired) electrons. The zero-order valence-corrected chi connectivity index (χ0v) is 9.73. The second kappa shape index (κ2) is 5.53. The van der Waals surface area contributed by atoms with Crippen molar-refractivity contribution in [2.45, 2.75) is 57.2 Å². The van der Waals surface area contributed by atoms with E-state index < -0.39 is 6.10 Å². The van der Waals surface area contributed by atoms with Crippen molar-refractivity contribution in [1.82, 2.24) is 4.90 Å². The SMILES string of the molecule is O=C(O[C@H]1CCCCC[C@H]1O)N1CCCC1. The summed E-state index contributed by atoms with van der Waals surface area (Å²) in [6.07, 6.45) is 5.96. The first kappa shape index (κ1) is 11.7. The van der Waals surface area contributed by atoms with E-state index in [1.807, 2.05) is 0 Å². The lowest BCUT2D eigenvalue weighted by Crippen LogP contribution is -2.36. The average molecular weight is 227 g/mol. The third-order valence-corrected chi connectivity index (χ3v) is 3.53. The molecule has 2 aliphatic rings. The van der Waals surface area contributed by atoms with E-state index in [0.29, 0.717) is 0 Å². The molecule has 0 aromatic heterocycles. The summed E-state index contributed by atoms with van der Waals surface area (Å²) >= 11 is 0. The van der Waals surface area contributed by atoms with Crippen LogP contribution in [0.3, 0.4) is 0 Å². The first-order valence-corrected chi connectivity index (χ1v) is 6.41. The summed E-state index contributed by atoms with van der Waals surface area (Å²) in [5, 5.41) is 9.84. The van der Waals surface area contributed by atoms with Gasteiger partial charge >= 0.3 is 6.09 Å². The maximum atomic E-state index is 11.8. The fourth-order valence-electron chi connectivity index (χ4n) is 2.50. The van der Waals surface area contributed by atoms with E-state index >= 15 is 0 Å². The molecule has 1 heterocycles. The highest BCUT2D eigenvalue weighted by Crippen LogP contribution is 2.22. The van der Waals surface area contributed by atoms with Gasteiger partial charge in [-0.15, -0.1) is 0 Å². The minimum absolute atomic E-state index is 0.233.